The second-order valence-corrected chi connectivity index (χ2v) is 8.12. The summed E-state index contributed by atoms with van der Waals surface area (Å²) in [7, 11) is 1.66. The molecule has 1 unspecified atom stereocenters. The SMILES string of the molecule is COc1ccc(C(C)(C)NC(=O)N(CC2CCC2)CC2CCCO2)cc1. The molecule has 0 radical (unpaired) electrons. The number of amides is 2. The fourth-order valence-corrected chi connectivity index (χ4v) is 3.69. The van der Waals surface area contributed by atoms with Crippen LogP contribution in [0.5, 0.6) is 5.75 Å². The zero-order valence-corrected chi connectivity index (χ0v) is 16.3. The molecule has 0 aromatic heterocycles. The van der Waals surface area contributed by atoms with Crippen LogP contribution in [0, 0.1) is 5.92 Å². The van der Waals surface area contributed by atoms with Gasteiger partial charge in [0.2, 0.25) is 0 Å². The topological polar surface area (TPSA) is 50.8 Å². The summed E-state index contributed by atoms with van der Waals surface area (Å²) in [5.74, 6) is 1.46. The molecule has 1 aromatic rings. The number of benzene rings is 1. The van der Waals surface area contributed by atoms with Gasteiger partial charge in [-0.25, -0.2) is 4.79 Å². The Kier molecular flexibility index (Phi) is 6.07. The number of nitrogens with zero attached hydrogens (tertiary/aromatic N) is 1. The maximum absolute atomic E-state index is 13.1. The Labute approximate surface area is 157 Å². The third-order valence-corrected chi connectivity index (χ3v) is 5.67. The van der Waals surface area contributed by atoms with Gasteiger partial charge in [0.15, 0.2) is 0 Å². The maximum Gasteiger partial charge on any atom is 0.318 e. The number of hydrogen-bond donors (Lipinski definition) is 1. The number of methoxy groups -OCH3 is 1. The van der Waals surface area contributed by atoms with E-state index in [1.165, 1.54) is 19.3 Å². The number of carbonyl (C=O) groups excluding carboxylic acids is 1. The van der Waals surface area contributed by atoms with E-state index in [1.54, 1.807) is 7.11 Å². The van der Waals surface area contributed by atoms with Gasteiger partial charge in [-0.15, -0.1) is 0 Å². The van der Waals surface area contributed by atoms with E-state index in [0.29, 0.717) is 12.5 Å². The van der Waals surface area contributed by atoms with Crippen LogP contribution < -0.4 is 10.1 Å². The van der Waals surface area contributed by atoms with Crippen molar-refractivity contribution in [1.82, 2.24) is 10.2 Å². The highest BCUT2D eigenvalue weighted by Crippen LogP contribution is 2.28. The molecule has 3 rings (SSSR count). The van der Waals surface area contributed by atoms with Crippen molar-refractivity contribution in [2.45, 2.75) is 57.6 Å². The van der Waals surface area contributed by atoms with Gasteiger partial charge in [0.05, 0.1) is 18.8 Å². The van der Waals surface area contributed by atoms with Gasteiger partial charge in [-0.1, -0.05) is 18.6 Å². The molecule has 26 heavy (non-hydrogen) atoms. The van der Waals surface area contributed by atoms with Crippen molar-refractivity contribution in [2.75, 3.05) is 26.8 Å². The predicted molar refractivity (Wildman–Crippen MR) is 102 cm³/mol. The van der Waals surface area contributed by atoms with E-state index < -0.39 is 5.54 Å². The largest absolute Gasteiger partial charge is 0.497 e. The second kappa shape index (κ2) is 8.30. The minimum Gasteiger partial charge on any atom is -0.497 e. The quantitative estimate of drug-likeness (QED) is 0.802. The molecule has 1 aromatic carbocycles. The van der Waals surface area contributed by atoms with Gasteiger partial charge in [0, 0.05) is 19.7 Å². The molecular weight excluding hydrogens is 328 g/mol. The Bertz CT molecular complexity index is 590. The van der Waals surface area contributed by atoms with Crippen LogP contribution in [0.15, 0.2) is 24.3 Å². The fraction of sp³-hybridized carbons (Fsp3) is 0.667. The van der Waals surface area contributed by atoms with Crippen LogP contribution in [0.3, 0.4) is 0 Å². The Morgan fingerprint density at radius 3 is 2.46 bits per heavy atom. The minimum absolute atomic E-state index is 0.00761. The van der Waals surface area contributed by atoms with Crippen LogP contribution in [0.4, 0.5) is 4.79 Å². The lowest BCUT2D eigenvalue weighted by molar-refractivity contribution is 0.0704. The lowest BCUT2D eigenvalue weighted by Gasteiger charge is -2.36. The number of ether oxygens (including phenoxy) is 2. The summed E-state index contributed by atoms with van der Waals surface area (Å²) in [4.78, 5) is 15.0. The van der Waals surface area contributed by atoms with Crippen molar-refractivity contribution in [1.29, 1.82) is 0 Å². The first-order chi connectivity index (χ1) is 12.5. The second-order valence-electron chi connectivity index (χ2n) is 8.12. The smallest absolute Gasteiger partial charge is 0.318 e. The van der Waals surface area contributed by atoms with Gasteiger partial charge in [-0.05, 0) is 63.1 Å². The van der Waals surface area contributed by atoms with E-state index in [9.17, 15) is 4.79 Å². The third kappa shape index (κ3) is 4.70. The van der Waals surface area contributed by atoms with Gasteiger partial charge in [0.25, 0.3) is 0 Å². The first kappa shape index (κ1) is 19.0. The van der Waals surface area contributed by atoms with Crippen LogP contribution in [-0.4, -0.2) is 43.8 Å². The Hall–Kier alpha value is -1.75. The molecular formula is C21H32N2O3. The van der Waals surface area contributed by atoms with Crippen LogP contribution in [0.1, 0.15) is 51.5 Å². The summed E-state index contributed by atoms with van der Waals surface area (Å²) in [6.07, 6.45) is 6.09. The summed E-state index contributed by atoms with van der Waals surface area (Å²) in [5, 5.41) is 3.23. The molecule has 1 saturated carbocycles. The first-order valence-electron chi connectivity index (χ1n) is 9.81. The zero-order valence-electron chi connectivity index (χ0n) is 16.3. The van der Waals surface area contributed by atoms with Crippen LogP contribution in [0.2, 0.25) is 0 Å². The standard InChI is InChI=1S/C21H32N2O3/c1-21(2,17-9-11-18(25-3)12-10-17)22-20(24)23(14-16-6-4-7-16)15-19-8-5-13-26-19/h9-12,16,19H,4-8,13-15H2,1-3H3,(H,22,24). The number of nitrogens with one attached hydrogen (secondary N) is 1. The van der Waals surface area contributed by atoms with E-state index in [1.807, 2.05) is 43.0 Å². The molecule has 0 spiro atoms. The molecule has 0 bridgehead atoms. The van der Waals surface area contributed by atoms with Crippen LogP contribution in [-0.2, 0) is 10.3 Å². The summed E-state index contributed by atoms with van der Waals surface area (Å²) < 4.78 is 11.0. The van der Waals surface area contributed by atoms with Crippen molar-refractivity contribution in [3.8, 4) is 5.75 Å². The summed E-state index contributed by atoms with van der Waals surface area (Å²) in [5.41, 5.74) is 0.616. The van der Waals surface area contributed by atoms with Crippen molar-refractivity contribution in [3.63, 3.8) is 0 Å². The molecule has 1 atom stereocenters. The normalized spacial score (nSPS) is 20.5. The highest BCUT2D eigenvalue weighted by atomic mass is 16.5. The van der Waals surface area contributed by atoms with E-state index in [2.05, 4.69) is 5.32 Å². The average molecular weight is 360 g/mol. The molecule has 1 aliphatic heterocycles. The first-order valence-corrected chi connectivity index (χ1v) is 9.81. The molecule has 144 valence electrons. The van der Waals surface area contributed by atoms with Crippen molar-refractivity contribution in [3.05, 3.63) is 29.8 Å². The Morgan fingerprint density at radius 2 is 1.92 bits per heavy atom. The van der Waals surface area contributed by atoms with Crippen molar-refractivity contribution < 1.29 is 14.3 Å². The summed E-state index contributed by atoms with van der Waals surface area (Å²) in [6, 6.07) is 7.89. The fourth-order valence-electron chi connectivity index (χ4n) is 3.69. The monoisotopic (exact) mass is 360 g/mol. The molecule has 5 nitrogen and oxygen atoms in total. The van der Waals surface area contributed by atoms with Gasteiger partial charge < -0.3 is 19.7 Å². The van der Waals surface area contributed by atoms with Crippen molar-refractivity contribution in [2.24, 2.45) is 5.92 Å². The van der Waals surface area contributed by atoms with E-state index in [4.69, 9.17) is 9.47 Å². The molecule has 1 saturated heterocycles. The molecule has 1 N–H and O–H groups in total. The number of hydrogen-bond acceptors (Lipinski definition) is 3. The highest BCUT2D eigenvalue weighted by molar-refractivity contribution is 5.75. The molecule has 2 amide bonds. The van der Waals surface area contributed by atoms with E-state index >= 15 is 0 Å². The van der Waals surface area contributed by atoms with E-state index in [-0.39, 0.29) is 12.1 Å². The number of rotatable bonds is 7. The molecule has 5 heteroatoms. The molecule has 1 heterocycles. The Balaban J connectivity index is 1.65. The van der Waals surface area contributed by atoms with Crippen molar-refractivity contribution >= 4 is 6.03 Å². The minimum atomic E-state index is -0.447. The van der Waals surface area contributed by atoms with Crippen LogP contribution in [0.25, 0.3) is 0 Å². The molecule has 2 fully saturated rings. The number of carbonyl (C=O) groups is 1. The zero-order chi connectivity index (χ0) is 18.6. The lowest BCUT2D eigenvalue weighted by Crippen LogP contribution is -2.52. The van der Waals surface area contributed by atoms with Gasteiger partial charge in [0.1, 0.15) is 5.75 Å². The number of urea groups is 1. The lowest BCUT2D eigenvalue weighted by atomic mass is 9.85. The Morgan fingerprint density at radius 1 is 1.19 bits per heavy atom. The molecule has 2 aliphatic rings. The summed E-state index contributed by atoms with van der Waals surface area (Å²) >= 11 is 0. The summed E-state index contributed by atoms with van der Waals surface area (Å²) in [6.45, 7) is 6.44. The third-order valence-electron chi connectivity index (χ3n) is 5.67. The molecule has 1 aliphatic carbocycles. The van der Waals surface area contributed by atoms with E-state index in [0.717, 1.165) is 37.3 Å². The van der Waals surface area contributed by atoms with Gasteiger partial charge in [-0.2, -0.15) is 0 Å². The predicted octanol–water partition coefficient (Wildman–Crippen LogP) is 3.92. The highest BCUT2D eigenvalue weighted by Gasteiger charge is 2.30. The van der Waals surface area contributed by atoms with Crippen LogP contribution >= 0.6 is 0 Å². The average Bonchev–Trinajstić information content (AvgIpc) is 3.09. The maximum atomic E-state index is 13.1. The van der Waals surface area contributed by atoms with Gasteiger partial charge in [-0.3, -0.25) is 0 Å². The van der Waals surface area contributed by atoms with Gasteiger partial charge >= 0.3 is 6.03 Å².